The highest BCUT2D eigenvalue weighted by Crippen LogP contribution is 2.13. The number of hydrogen-bond donors (Lipinski definition) is 0. The van der Waals surface area contributed by atoms with Gasteiger partial charge < -0.3 is 14.2 Å². The van der Waals surface area contributed by atoms with Gasteiger partial charge in [-0.2, -0.15) is 0 Å². The van der Waals surface area contributed by atoms with Crippen molar-refractivity contribution in [2.24, 2.45) is 0 Å². The van der Waals surface area contributed by atoms with Crippen molar-refractivity contribution in [1.29, 1.82) is 0 Å². The summed E-state index contributed by atoms with van der Waals surface area (Å²) < 4.78 is 15.6. The summed E-state index contributed by atoms with van der Waals surface area (Å²) >= 11 is 0. The molecule has 0 saturated heterocycles. The van der Waals surface area contributed by atoms with Crippen LogP contribution in [0.1, 0.15) is 175 Å². The molecular formula is C37H66O6. The summed E-state index contributed by atoms with van der Waals surface area (Å²) in [4.78, 5) is 36.8. The van der Waals surface area contributed by atoms with Crippen molar-refractivity contribution in [2.45, 2.75) is 181 Å². The van der Waals surface area contributed by atoms with Crippen LogP contribution in [0, 0.1) is 0 Å². The van der Waals surface area contributed by atoms with Crippen LogP contribution < -0.4 is 0 Å². The molecule has 0 bridgehead atoms. The van der Waals surface area contributed by atoms with Crippen molar-refractivity contribution in [1.82, 2.24) is 0 Å². The van der Waals surface area contributed by atoms with Gasteiger partial charge in [0, 0.05) is 12.8 Å². The molecule has 6 heteroatoms. The normalized spacial score (nSPS) is 12.2. The molecule has 0 aliphatic heterocycles. The smallest absolute Gasteiger partial charge is 0.351 e. The lowest BCUT2D eigenvalue weighted by Gasteiger charge is -2.16. The number of allylic oxidation sites excluding steroid dienone is 4. The minimum Gasteiger partial charge on any atom is -0.463 e. The first-order chi connectivity index (χ1) is 21.0. The highest BCUT2D eigenvalue weighted by atomic mass is 16.6. The Balaban J connectivity index is 3.95. The number of ether oxygens (including phenoxy) is 3. The summed E-state index contributed by atoms with van der Waals surface area (Å²) in [6, 6.07) is 0. The van der Waals surface area contributed by atoms with E-state index in [9.17, 15) is 14.4 Å². The maximum Gasteiger partial charge on any atom is 0.351 e. The zero-order valence-corrected chi connectivity index (χ0v) is 28.2. The lowest BCUT2D eigenvalue weighted by atomic mass is 10.1. The fourth-order valence-electron chi connectivity index (χ4n) is 4.86. The highest BCUT2D eigenvalue weighted by molar-refractivity contribution is 5.80. The van der Waals surface area contributed by atoms with E-state index in [0.717, 1.165) is 57.8 Å². The first kappa shape index (κ1) is 40.9. The SMILES string of the molecule is CCCCC/C=C\C/C=C\CCCCCCCC(=O)OC(COC(=O)CCCCCCCCCCCCC)C(=O)OCC. The molecule has 0 N–H and O–H groups in total. The third kappa shape index (κ3) is 29.7. The van der Waals surface area contributed by atoms with E-state index in [1.165, 1.54) is 77.0 Å². The van der Waals surface area contributed by atoms with E-state index in [4.69, 9.17) is 14.2 Å². The van der Waals surface area contributed by atoms with E-state index in [1.54, 1.807) is 6.92 Å². The van der Waals surface area contributed by atoms with E-state index in [0.29, 0.717) is 12.8 Å². The van der Waals surface area contributed by atoms with Crippen LogP contribution in [0.4, 0.5) is 0 Å². The van der Waals surface area contributed by atoms with Crippen LogP contribution in [0.2, 0.25) is 0 Å². The number of esters is 3. The highest BCUT2D eigenvalue weighted by Gasteiger charge is 2.26. The van der Waals surface area contributed by atoms with Gasteiger partial charge in [0.1, 0.15) is 6.61 Å². The Bertz CT molecular complexity index is 714. The second-order valence-corrected chi connectivity index (χ2v) is 11.7. The van der Waals surface area contributed by atoms with Crippen molar-refractivity contribution in [3.8, 4) is 0 Å². The molecule has 0 spiro atoms. The molecule has 1 unspecified atom stereocenters. The minimum absolute atomic E-state index is 0.171. The largest absolute Gasteiger partial charge is 0.463 e. The van der Waals surface area contributed by atoms with Gasteiger partial charge in [0.2, 0.25) is 6.10 Å². The molecule has 1 atom stereocenters. The predicted molar refractivity (Wildman–Crippen MR) is 178 cm³/mol. The van der Waals surface area contributed by atoms with Gasteiger partial charge in [-0.05, 0) is 51.9 Å². The maximum atomic E-state index is 12.3. The van der Waals surface area contributed by atoms with Crippen LogP contribution in [-0.2, 0) is 28.6 Å². The Morgan fingerprint density at radius 2 is 0.953 bits per heavy atom. The number of rotatable bonds is 31. The van der Waals surface area contributed by atoms with Crippen molar-refractivity contribution in [3.05, 3.63) is 24.3 Å². The molecule has 0 aliphatic rings. The molecule has 0 aromatic heterocycles. The zero-order valence-electron chi connectivity index (χ0n) is 28.2. The Kier molecular flexibility index (Phi) is 31.2. The molecule has 0 fully saturated rings. The Hall–Kier alpha value is -2.11. The van der Waals surface area contributed by atoms with Crippen LogP contribution >= 0.6 is 0 Å². The lowest BCUT2D eigenvalue weighted by Crippen LogP contribution is -2.34. The van der Waals surface area contributed by atoms with Gasteiger partial charge >= 0.3 is 17.9 Å². The van der Waals surface area contributed by atoms with Crippen molar-refractivity contribution >= 4 is 17.9 Å². The Morgan fingerprint density at radius 1 is 0.512 bits per heavy atom. The zero-order chi connectivity index (χ0) is 31.6. The average molecular weight is 607 g/mol. The van der Waals surface area contributed by atoms with Gasteiger partial charge in [-0.25, -0.2) is 4.79 Å². The van der Waals surface area contributed by atoms with Crippen LogP contribution in [0.3, 0.4) is 0 Å². The molecule has 0 saturated carbocycles. The molecule has 0 amide bonds. The number of carbonyl (C=O) groups excluding carboxylic acids is 3. The molecule has 0 rings (SSSR count). The van der Waals surface area contributed by atoms with E-state index in [1.807, 2.05) is 0 Å². The van der Waals surface area contributed by atoms with E-state index in [2.05, 4.69) is 38.2 Å². The summed E-state index contributed by atoms with van der Waals surface area (Å²) in [7, 11) is 0. The van der Waals surface area contributed by atoms with Crippen LogP contribution in [0.15, 0.2) is 24.3 Å². The van der Waals surface area contributed by atoms with Crippen molar-refractivity contribution < 1.29 is 28.6 Å². The lowest BCUT2D eigenvalue weighted by molar-refractivity contribution is -0.174. The van der Waals surface area contributed by atoms with Gasteiger partial charge in [-0.15, -0.1) is 0 Å². The number of unbranched alkanes of at least 4 members (excludes halogenated alkanes) is 18. The average Bonchev–Trinajstić information content (AvgIpc) is 3.00. The predicted octanol–water partition coefficient (Wildman–Crippen LogP) is 10.5. The molecule has 250 valence electrons. The topological polar surface area (TPSA) is 78.9 Å². The molecule has 0 radical (unpaired) electrons. The minimum atomic E-state index is -1.20. The van der Waals surface area contributed by atoms with Crippen LogP contribution in [0.25, 0.3) is 0 Å². The first-order valence-corrected chi connectivity index (χ1v) is 17.9. The maximum absolute atomic E-state index is 12.3. The summed E-state index contributed by atoms with van der Waals surface area (Å²) in [5.74, 6) is -1.49. The van der Waals surface area contributed by atoms with Crippen LogP contribution in [-0.4, -0.2) is 37.2 Å². The van der Waals surface area contributed by atoms with E-state index in [-0.39, 0.29) is 25.6 Å². The van der Waals surface area contributed by atoms with Crippen molar-refractivity contribution in [3.63, 3.8) is 0 Å². The molecule has 0 aliphatic carbocycles. The summed E-state index contributed by atoms with van der Waals surface area (Å²) in [6.07, 6.45) is 33.9. The second kappa shape index (κ2) is 32.8. The number of carbonyl (C=O) groups is 3. The summed E-state index contributed by atoms with van der Waals surface area (Å²) in [5, 5.41) is 0. The Morgan fingerprint density at radius 3 is 1.49 bits per heavy atom. The van der Waals surface area contributed by atoms with Gasteiger partial charge in [0.15, 0.2) is 0 Å². The molecule has 0 aromatic rings. The van der Waals surface area contributed by atoms with Crippen LogP contribution in [0.5, 0.6) is 0 Å². The van der Waals surface area contributed by atoms with Gasteiger partial charge in [-0.1, -0.05) is 134 Å². The monoisotopic (exact) mass is 606 g/mol. The van der Waals surface area contributed by atoms with Crippen molar-refractivity contribution in [2.75, 3.05) is 13.2 Å². The number of hydrogen-bond acceptors (Lipinski definition) is 6. The molecular weight excluding hydrogens is 540 g/mol. The molecule has 6 nitrogen and oxygen atoms in total. The van der Waals surface area contributed by atoms with E-state index < -0.39 is 18.0 Å². The first-order valence-electron chi connectivity index (χ1n) is 17.9. The fourth-order valence-corrected chi connectivity index (χ4v) is 4.86. The Labute approximate surface area is 264 Å². The van der Waals surface area contributed by atoms with Gasteiger partial charge in [0.05, 0.1) is 6.61 Å². The summed E-state index contributed by atoms with van der Waals surface area (Å²) in [6.45, 7) is 6.04. The molecule has 0 heterocycles. The second-order valence-electron chi connectivity index (χ2n) is 11.7. The van der Waals surface area contributed by atoms with Gasteiger partial charge in [-0.3, -0.25) is 9.59 Å². The molecule has 43 heavy (non-hydrogen) atoms. The van der Waals surface area contributed by atoms with E-state index >= 15 is 0 Å². The third-order valence-electron chi connectivity index (χ3n) is 7.53. The van der Waals surface area contributed by atoms with Gasteiger partial charge in [0.25, 0.3) is 0 Å². The third-order valence-corrected chi connectivity index (χ3v) is 7.53. The standard InChI is InChI=1S/C37H66O6/c1-4-7-9-11-13-15-17-18-19-20-22-24-26-28-30-32-36(39)43-34(37(40)41-6-3)33-42-35(38)31-29-27-25-23-21-16-14-12-10-8-5-2/h13,15,18-19,34H,4-12,14,16-17,20-33H2,1-3H3/b15-13-,19-18-. The molecule has 0 aromatic carbocycles. The quantitative estimate of drug-likeness (QED) is 0.0338. The summed E-state index contributed by atoms with van der Waals surface area (Å²) in [5.41, 5.74) is 0. The fraction of sp³-hybridized carbons (Fsp3) is 0.811.